The smallest absolute Gasteiger partial charge is 0.228 e. The monoisotopic (exact) mass is 394 g/mol. The van der Waals surface area contributed by atoms with Crippen LogP contribution in [0.5, 0.6) is 0 Å². The summed E-state index contributed by atoms with van der Waals surface area (Å²) in [5.74, 6) is -0.157. The number of carbonyl (C=O) groups excluding carboxylic acids is 1. The number of aromatic nitrogens is 2. The van der Waals surface area contributed by atoms with Gasteiger partial charge < -0.3 is 10.1 Å². The van der Waals surface area contributed by atoms with Crippen molar-refractivity contribution in [3.63, 3.8) is 0 Å². The van der Waals surface area contributed by atoms with Crippen LogP contribution in [0.1, 0.15) is 36.6 Å². The van der Waals surface area contributed by atoms with Crippen molar-refractivity contribution < 1.29 is 9.53 Å². The summed E-state index contributed by atoms with van der Waals surface area (Å²) in [5, 5.41) is 17.7. The summed E-state index contributed by atoms with van der Waals surface area (Å²) in [6.45, 7) is 0.729. The minimum Gasteiger partial charge on any atom is -0.356 e. The van der Waals surface area contributed by atoms with Crippen LogP contribution in [0.25, 0.3) is 10.9 Å². The van der Waals surface area contributed by atoms with Crippen LogP contribution in [0.15, 0.2) is 42.6 Å². The van der Waals surface area contributed by atoms with Crippen molar-refractivity contribution in [1.29, 1.82) is 5.26 Å². The first kappa shape index (κ1) is 18.5. The fourth-order valence-electron chi connectivity index (χ4n) is 3.48. The Kier molecular flexibility index (Phi) is 5.29. The van der Waals surface area contributed by atoms with Gasteiger partial charge in [-0.3, -0.25) is 4.79 Å². The van der Waals surface area contributed by atoms with Gasteiger partial charge in [0, 0.05) is 22.7 Å². The predicted octanol–water partition coefficient (Wildman–Crippen LogP) is 4.44. The van der Waals surface area contributed by atoms with Crippen LogP contribution in [0.3, 0.4) is 0 Å². The summed E-state index contributed by atoms with van der Waals surface area (Å²) in [6, 6.07) is 12.5. The van der Waals surface area contributed by atoms with Gasteiger partial charge in [0.25, 0.3) is 0 Å². The summed E-state index contributed by atoms with van der Waals surface area (Å²) < 4.78 is 7.71. The number of anilines is 1. The van der Waals surface area contributed by atoms with E-state index in [1.807, 2.05) is 10.7 Å². The number of nitrogens with zero attached hydrogens (tertiary/aromatic N) is 3. The molecule has 0 spiro atoms. The molecule has 1 N–H and O–H groups in total. The average molecular weight is 395 g/mol. The van der Waals surface area contributed by atoms with E-state index in [1.165, 1.54) is 0 Å². The van der Waals surface area contributed by atoms with Crippen LogP contribution in [0.4, 0.5) is 5.69 Å². The Bertz CT molecular complexity index is 1050. The molecule has 2 heterocycles. The van der Waals surface area contributed by atoms with Crippen LogP contribution in [-0.2, 0) is 16.0 Å². The van der Waals surface area contributed by atoms with Gasteiger partial charge in [0.15, 0.2) is 6.23 Å². The molecule has 4 rings (SSSR count). The summed E-state index contributed by atoms with van der Waals surface area (Å²) >= 11 is 6.32. The number of fused-ring (bicyclic) bond motifs is 1. The number of hydrogen-bond acceptors (Lipinski definition) is 4. The molecule has 1 aliphatic rings. The first-order valence-electron chi connectivity index (χ1n) is 9.21. The number of amides is 1. The topological polar surface area (TPSA) is 79.9 Å². The maximum absolute atomic E-state index is 12.5. The quantitative estimate of drug-likeness (QED) is 0.709. The molecular weight excluding hydrogens is 376 g/mol. The van der Waals surface area contributed by atoms with E-state index in [0.29, 0.717) is 16.3 Å². The van der Waals surface area contributed by atoms with E-state index in [9.17, 15) is 4.79 Å². The average Bonchev–Trinajstić information content (AvgIpc) is 3.13. The Morgan fingerprint density at radius 2 is 2.14 bits per heavy atom. The maximum Gasteiger partial charge on any atom is 0.228 e. The molecular formula is C21H19ClN4O2. The van der Waals surface area contributed by atoms with Crippen LogP contribution in [0.2, 0.25) is 5.02 Å². The van der Waals surface area contributed by atoms with Gasteiger partial charge in [-0.2, -0.15) is 10.4 Å². The Morgan fingerprint density at radius 1 is 1.32 bits per heavy atom. The molecule has 3 aromatic rings. The Labute approximate surface area is 167 Å². The van der Waals surface area contributed by atoms with Gasteiger partial charge in [0.2, 0.25) is 5.91 Å². The highest BCUT2D eigenvalue weighted by Gasteiger charge is 2.20. The van der Waals surface area contributed by atoms with Gasteiger partial charge in [-0.05, 0) is 61.2 Å². The van der Waals surface area contributed by atoms with Crippen molar-refractivity contribution in [2.24, 2.45) is 0 Å². The zero-order valence-electron chi connectivity index (χ0n) is 15.2. The fourth-order valence-corrected chi connectivity index (χ4v) is 3.71. The van der Waals surface area contributed by atoms with Crippen molar-refractivity contribution in [2.75, 3.05) is 11.9 Å². The van der Waals surface area contributed by atoms with Gasteiger partial charge in [0.1, 0.15) is 0 Å². The standard InChI is InChI=1S/C21H19ClN4O2/c22-16-9-15(10-20(27)25-17-6-4-14(12-23)5-7-17)18-13-24-26(19(18)11-16)21-3-1-2-8-28-21/h4-7,9,11,13,21H,1-3,8,10H2,(H,25,27). The zero-order valence-corrected chi connectivity index (χ0v) is 15.9. The number of carbonyl (C=O) groups is 1. The van der Waals surface area contributed by atoms with E-state index in [4.69, 9.17) is 21.6 Å². The minimum atomic E-state index is -0.157. The van der Waals surface area contributed by atoms with E-state index in [0.717, 1.165) is 42.3 Å². The number of hydrogen-bond donors (Lipinski definition) is 1. The molecule has 28 heavy (non-hydrogen) atoms. The molecule has 6 nitrogen and oxygen atoms in total. The van der Waals surface area contributed by atoms with E-state index < -0.39 is 0 Å². The van der Waals surface area contributed by atoms with Gasteiger partial charge in [-0.25, -0.2) is 4.68 Å². The minimum absolute atomic E-state index is 0.0926. The Morgan fingerprint density at radius 3 is 2.86 bits per heavy atom. The number of nitrogens with one attached hydrogen (secondary N) is 1. The number of nitriles is 1. The second kappa shape index (κ2) is 8.01. The number of halogens is 1. The maximum atomic E-state index is 12.5. The normalized spacial score (nSPS) is 16.6. The zero-order chi connectivity index (χ0) is 19.5. The van der Waals surface area contributed by atoms with Crippen LogP contribution >= 0.6 is 11.6 Å². The third-order valence-electron chi connectivity index (χ3n) is 4.84. The molecule has 1 fully saturated rings. The highest BCUT2D eigenvalue weighted by Crippen LogP contribution is 2.30. The molecule has 2 aromatic carbocycles. The lowest BCUT2D eigenvalue weighted by molar-refractivity contribution is -0.115. The number of benzene rings is 2. The fraction of sp³-hybridized carbons (Fsp3) is 0.286. The molecule has 7 heteroatoms. The van der Waals surface area contributed by atoms with E-state index in [-0.39, 0.29) is 18.6 Å². The van der Waals surface area contributed by atoms with Crippen molar-refractivity contribution in [1.82, 2.24) is 9.78 Å². The number of rotatable bonds is 4. The molecule has 1 saturated heterocycles. The second-order valence-corrected chi connectivity index (χ2v) is 7.26. The third kappa shape index (κ3) is 3.86. The van der Waals surface area contributed by atoms with E-state index in [1.54, 1.807) is 36.5 Å². The van der Waals surface area contributed by atoms with Gasteiger partial charge in [0.05, 0.1) is 29.8 Å². The molecule has 0 bridgehead atoms. The second-order valence-electron chi connectivity index (χ2n) is 6.82. The SMILES string of the molecule is N#Cc1ccc(NC(=O)Cc2cc(Cl)cc3c2cnn3C2CCCCO2)cc1. The lowest BCUT2D eigenvalue weighted by Gasteiger charge is -2.23. The van der Waals surface area contributed by atoms with Crippen molar-refractivity contribution in [3.05, 3.63) is 58.7 Å². The van der Waals surface area contributed by atoms with Gasteiger partial charge in [-0.15, -0.1) is 0 Å². The first-order chi connectivity index (χ1) is 13.6. The summed E-state index contributed by atoms with van der Waals surface area (Å²) in [4.78, 5) is 12.5. The van der Waals surface area contributed by atoms with Crippen LogP contribution < -0.4 is 5.32 Å². The third-order valence-corrected chi connectivity index (χ3v) is 5.06. The van der Waals surface area contributed by atoms with E-state index in [2.05, 4.69) is 16.5 Å². The molecule has 142 valence electrons. The van der Waals surface area contributed by atoms with Crippen molar-refractivity contribution in [2.45, 2.75) is 31.9 Å². The molecule has 0 saturated carbocycles. The summed E-state index contributed by atoms with van der Waals surface area (Å²) in [7, 11) is 0. The summed E-state index contributed by atoms with van der Waals surface area (Å²) in [5.41, 5.74) is 2.89. The van der Waals surface area contributed by atoms with Gasteiger partial charge in [-0.1, -0.05) is 11.6 Å². The van der Waals surface area contributed by atoms with Crippen molar-refractivity contribution >= 4 is 34.1 Å². The first-order valence-corrected chi connectivity index (χ1v) is 9.59. The van der Waals surface area contributed by atoms with Crippen molar-refractivity contribution in [3.8, 4) is 6.07 Å². The summed E-state index contributed by atoms with van der Waals surface area (Å²) in [6.07, 6.45) is 4.94. The predicted molar refractivity (Wildman–Crippen MR) is 107 cm³/mol. The van der Waals surface area contributed by atoms with Gasteiger partial charge >= 0.3 is 0 Å². The lowest BCUT2D eigenvalue weighted by Crippen LogP contribution is -2.19. The molecule has 1 aromatic heterocycles. The molecule has 0 radical (unpaired) electrons. The Balaban J connectivity index is 1.56. The van der Waals surface area contributed by atoms with E-state index >= 15 is 0 Å². The lowest BCUT2D eigenvalue weighted by atomic mass is 10.1. The highest BCUT2D eigenvalue weighted by molar-refractivity contribution is 6.31. The van der Waals surface area contributed by atoms with Crippen LogP contribution in [-0.4, -0.2) is 22.3 Å². The molecule has 1 unspecified atom stereocenters. The molecule has 1 amide bonds. The largest absolute Gasteiger partial charge is 0.356 e. The molecule has 0 aliphatic carbocycles. The molecule has 1 aliphatic heterocycles. The highest BCUT2D eigenvalue weighted by atomic mass is 35.5. The van der Waals surface area contributed by atoms with Crippen LogP contribution in [0, 0.1) is 11.3 Å². The molecule has 1 atom stereocenters. The number of ether oxygens (including phenoxy) is 1. The Hall–Kier alpha value is -2.88.